The first kappa shape index (κ1) is 18.8. The second-order valence-electron chi connectivity index (χ2n) is 7.21. The summed E-state index contributed by atoms with van der Waals surface area (Å²) in [5.74, 6) is 0.723. The van der Waals surface area contributed by atoms with E-state index in [0.717, 1.165) is 22.3 Å². The van der Waals surface area contributed by atoms with Crippen molar-refractivity contribution < 1.29 is 9.21 Å². The molecule has 1 aromatic heterocycles. The van der Waals surface area contributed by atoms with Gasteiger partial charge in [-0.05, 0) is 74.7 Å². The third-order valence-corrected chi connectivity index (χ3v) is 5.75. The smallest absolute Gasteiger partial charge is 0.291 e. The second-order valence-corrected chi connectivity index (χ2v) is 8.13. The number of carbonyl (C=O) groups is 1. The van der Waals surface area contributed by atoms with E-state index in [4.69, 9.17) is 4.42 Å². The maximum Gasteiger partial charge on any atom is 0.291 e. The van der Waals surface area contributed by atoms with Crippen LogP contribution in [0.3, 0.4) is 0 Å². The van der Waals surface area contributed by atoms with Crippen molar-refractivity contribution in [3.8, 4) is 11.3 Å². The van der Waals surface area contributed by atoms with Crippen LogP contribution in [0.4, 0.5) is 11.4 Å². The van der Waals surface area contributed by atoms with Gasteiger partial charge in [-0.15, -0.1) is 0 Å². The van der Waals surface area contributed by atoms with Gasteiger partial charge in [-0.3, -0.25) is 4.79 Å². The first-order valence-corrected chi connectivity index (χ1v) is 10.4. The third-order valence-electron chi connectivity index (χ3n) is 5.22. The lowest BCUT2D eigenvalue weighted by Crippen LogP contribution is -2.37. The molecule has 1 saturated heterocycles. The minimum atomic E-state index is -0.248. The van der Waals surface area contributed by atoms with Crippen LogP contribution in [0.5, 0.6) is 0 Å². The molecular formula is C23H23BrN2O2. The van der Waals surface area contributed by atoms with Crippen LogP contribution in [0.25, 0.3) is 11.3 Å². The molecule has 4 nitrogen and oxygen atoms in total. The maximum atomic E-state index is 12.5. The Bertz CT molecular complexity index is 947. The van der Waals surface area contributed by atoms with Crippen LogP contribution < -0.4 is 10.2 Å². The summed E-state index contributed by atoms with van der Waals surface area (Å²) in [5, 5.41) is 2.91. The van der Waals surface area contributed by atoms with Crippen LogP contribution in [-0.2, 0) is 0 Å². The minimum Gasteiger partial charge on any atom is -0.451 e. The Labute approximate surface area is 173 Å². The topological polar surface area (TPSA) is 45.5 Å². The lowest BCUT2D eigenvalue weighted by Gasteiger charge is -2.35. The Hall–Kier alpha value is -2.53. The van der Waals surface area contributed by atoms with Crippen molar-refractivity contribution in [1.29, 1.82) is 0 Å². The number of carbonyl (C=O) groups excluding carboxylic acids is 1. The maximum absolute atomic E-state index is 12.5. The molecule has 0 radical (unpaired) electrons. The number of anilines is 2. The molecule has 1 unspecified atom stereocenters. The molecule has 3 aromatic rings. The van der Waals surface area contributed by atoms with E-state index in [2.05, 4.69) is 45.2 Å². The molecule has 2 aromatic carbocycles. The van der Waals surface area contributed by atoms with Gasteiger partial charge in [-0.2, -0.15) is 0 Å². The van der Waals surface area contributed by atoms with Crippen LogP contribution in [0.15, 0.2) is 69.6 Å². The summed E-state index contributed by atoms with van der Waals surface area (Å²) in [7, 11) is 0. The molecule has 2 heterocycles. The highest BCUT2D eigenvalue weighted by Crippen LogP contribution is 2.27. The molecule has 1 fully saturated rings. The Morgan fingerprint density at radius 1 is 1.04 bits per heavy atom. The molecule has 0 aliphatic carbocycles. The molecule has 1 aliphatic heterocycles. The van der Waals surface area contributed by atoms with E-state index in [1.807, 2.05) is 42.5 Å². The number of furan rings is 1. The number of hydrogen-bond donors (Lipinski definition) is 1. The van der Waals surface area contributed by atoms with Gasteiger partial charge in [0.1, 0.15) is 5.76 Å². The first-order valence-electron chi connectivity index (χ1n) is 9.64. The average molecular weight is 439 g/mol. The Morgan fingerprint density at radius 3 is 2.50 bits per heavy atom. The average Bonchev–Trinajstić information content (AvgIpc) is 3.20. The Morgan fingerprint density at radius 2 is 1.79 bits per heavy atom. The number of piperidine rings is 1. The number of hydrogen-bond acceptors (Lipinski definition) is 3. The summed E-state index contributed by atoms with van der Waals surface area (Å²) in [5.41, 5.74) is 2.91. The Balaban J connectivity index is 1.43. The van der Waals surface area contributed by atoms with Crippen LogP contribution in [0, 0.1) is 0 Å². The van der Waals surface area contributed by atoms with E-state index in [9.17, 15) is 4.79 Å². The standard InChI is InChI=1S/C23H23BrN2O2/c1-16-4-2-3-15-26(16)20-11-9-19(10-12-20)25-23(27)22-14-13-21(28-22)17-5-7-18(24)8-6-17/h5-14,16H,2-4,15H2,1H3,(H,25,27). The summed E-state index contributed by atoms with van der Waals surface area (Å²) in [4.78, 5) is 15.0. The van der Waals surface area contributed by atoms with Gasteiger partial charge >= 0.3 is 0 Å². The minimum absolute atomic E-state index is 0.248. The normalized spacial score (nSPS) is 16.8. The van der Waals surface area contributed by atoms with Gasteiger partial charge in [-0.25, -0.2) is 0 Å². The van der Waals surface area contributed by atoms with Crippen LogP contribution in [-0.4, -0.2) is 18.5 Å². The van der Waals surface area contributed by atoms with Crippen LogP contribution >= 0.6 is 15.9 Å². The van der Waals surface area contributed by atoms with Gasteiger partial charge < -0.3 is 14.6 Å². The highest BCUT2D eigenvalue weighted by atomic mass is 79.9. The van der Waals surface area contributed by atoms with E-state index in [0.29, 0.717) is 17.6 Å². The van der Waals surface area contributed by atoms with Crippen molar-refractivity contribution in [2.24, 2.45) is 0 Å². The fraction of sp³-hybridized carbons (Fsp3) is 0.261. The van der Waals surface area contributed by atoms with Crippen LogP contribution in [0.1, 0.15) is 36.7 Å². The summed E-state index contributed by atoms with van der Waals surface area (Å²) in [6.07, 6.45) is 3.77. The highest BCUT2D eigenvalue weighted by Gasteiger charge is 2.18. The lowest BCUT2D eigenvalue weighted by atomic mass is 10.0. The number of nitrogens with zero attached hydrogens (tertiary/aromatic N) is 1. The van der Waals surface area contributed by atoms with Gasteiger partial charge in [0, 0.05) is 34.0 Å². The fourth-order valence-corrected chi connectivity index (χ4v) is 3.90. The molecular weight excluding hydrogens is 416 g/mol. The van der Waals surface area contributed by atoms with Crippen molar-refractivity contribution in [3.63, 3.8) is 0 Å². The van der Waals surface area contributed by atoms with E-state index in [-0.39, 0.29) is 5.91 Å². The van der Waals surface area contributed by atoms with Gasteiger partial charge in [0.05, 0.1) is 0 Å². The largest absolute Gasteiger partial charge is 0.451 e. The first-order chi connectivity index (χ1) is 13.6. The zero-order chi connectivity index (χ0) is 19.5. The lowest BCUT2D eigenvalue weighted by molar-refractivity contribution is 0.0997. The number of amides is 1. The van der Waals surface area contributed by atoms with E-state index < -0.39 is 0 Å². The molecule has 5 heteroatoms. The Kier molecular flexibility index (Phi) is 5.53. The molecule has 4 rings (SSSR count). The van der Waals surface area contributed by atoms with Gasteiger partial charge in [0.15, 0.2) is 5.76 Å². The van der Waals surface area contributed by atoms with Crippen molar-refractivity contribution in [3.05, 3.63) is 70.9 Å². The zero-order valence-corrected chi connectivity index (χ0v) is 17.4. The predicted octanol–water partition coefficient (Wildman–Crippen LogP) is 6.34. The summed E-state index contributed by atoms with van der Waals surface area (Å²) in [6.45, 7) is 3.37. The summed E-state index contributed by atoms with van der Waals surface area (Å²) in [6, 6.07) is 19.9. The number of halogens is 1. The summed E-state index contributed by atoms with van der Waals surface area (Å²) < 4.78 is 6.74. The number of benzene rings is 2. The van der Waals surface area contributed by atoms with Gasteiger partial charge in [0.2, 0.25) is 0 Å². The second kappa shape index (κ2) is 8.23. The van der Waals surface area contributed by atoms with E-state index in [1.54, 1.807) is 6.07 Å². The third kappa shape index (κ3) is 4.14. The highest BCUT2D eigenvalue weighted by molar-refractivity contribution is 9.10. The number of nitrogens with one attached hydrogen (secondary N) is 1. The fourth-order valence-electron chi connectivity index (χ4n) is 3.64. The quantitative estimate of drug-likeness (QED) is 0.516. The van der Waals surface area contributed by atoms with Gasteiger partial charge in [0.25, 0.3) is 5.91 Å². The molecule has 144 valence electrons. The zero-order valence-electron chi connectivity index (χ0n) is 15.8. The molecule has 1 amide bonds. The van der Waals surface area contributed by atoms with Crippen molar-refractivity contribution in [2.75, 3.05) is 16.8 Å². The van der Waals surface area contributed by atoms with Crippen LogP contribution in [0.2, 0.25) is 0 Å². The summed E-state index contributed by atoms with van der Waals surface area (Å²) >= 11 is 3.42. The van der Waals surface area contributed by atoms with Crippen molar-refractivity contribution in [1.82, 2.24) is 0 Å². The van der Waals surface area contributed by atoms with Crippen molar-refractivity contribution in [2.45, 2.75) is 32.2 Å². The monoisotopic (exact) mass is 438 g/mol. The predicted molar refractivity (Wildman–Crippen MR) is 117 cm³/mol. The molecule has 1 aliphatic rings. The molecule has 0 spiro atoms. The number of rotatable bonds is 4. The SMILES string of the molecule is CC1CCCCN1c1ccc(NC(=O)c2ccc(-c3ccc(Br)cc3)o2)cc1. The molecule has 28 heavy (non-hydrogen) atoms. The van der Waals surface area contributed by atoms with E-state index >= 15 is 0 Å². The van der Waals surface area contributed by atoms with Crippen molar-refractivity contribution >= 4 is 33.2 Å². The van der Waals surface area contributed by atoms with Gasteiger partial charge in [-0.1, -0.05) is 28.1 Å². The molecule has 1 N–H and O–H groups in total. The molecule has 0 saturated carbocycles. The molecule has 0 bridgehead atoms. The molecule has 1 atom stereocenters. The van der Waals surface area contributed by atoms with E-state index in [1.165, 1.54) is 24.9 Å².